The van der Waals surface area contributed by atoms with Gasteiger partial charge in [0.05, 0.1) is 31.8 Å². The second-order valence-electron chi connectivity index (χ2n) is 14.3. The molecular formula is C41H77N3O10. The number of rotatable bonds is 38. The number of unbranched alkanes of at least 4 members (excludes halogenated alkanes) is 13. The first-order chi connectivity index (χ1) is 25.9. The van der Waals surface area contributed by atoms with Gasteiger partial charge < -0.3 is 36.5 Å². The predicted molar refractivity (Wildman–Crippen MR) is 212 cm³/mol. The number of nitrogens with one attached hydrogen (secondary N) is 1. The first-order valence-corrected chi connectivity index (χ1v) is 20.8. The van der Waals surface area contributed by atoms with Crippen molar-refractivity contribution in [3.8, 4) is 0 Å². The molecule has 1 unspecified atom stereocenters. The van der Waals surface area contributed by atoms with Gasteiger partial charge in [0.1, 0.15) is 24.2 Å². The molecule has 0 spiro atoms. The standard InChI is InChI=1S/C31H55N3O10.C10H22/c1-2-3-4-5-9-14-29(39)34-27(31(41)42)16-15-24(36)12-10-17-43-18-19-44-22-25(37)11-7-6-8-13-26(32)28(38)20-23(21-35)30(33)40;1-3-5-7-9-10-8-6-4-2/h23,26-27,35H,2-22,32H2,1H3,(H2,33,40)(H,34,39)(H,41,42);3-10H2,1-2H3/t23-,26-,27?;/m0./s1. The Hall–Kier alpha value is -2.74. The van der Waals surface area contributed by atoms with Crippen LogP contribution in [0.4, 0.5) is 0 Å². The molecule has 0 aromatic heterocycles. The molecule has 3 atom stereocenters. The highest BCUT2D eigenvalue weighted by molar-refractivity contribution is 5.89. The fourth-order valence-electron chi connectivity index (χ4n) is 5.57. The van der Waals surface area contributed by atoms with E-state index in [1.54, 1.807) is 0 Å². The van der Waals surface area contributed by atoms with Gasteiger partial charge in [-0.3, -0.25) is 24.0 Å². The highest BCUT2D eigenvalue weighted by Gasteiger charge is 2.23. The van der Waals surface area contributed by atoms with Crippen LogP contribution in [0, 0.1) is 5.92 Å². The van der Waals surface area contributed by atoms with Gasteiger partial charge in [-0.15, -0.1) is 0 Å². The molecule has 0 rings (SSSR count). The Labute approximate surface area is 325 Å². The van der Waals surface area contributed by atoms with E-state index in [1.165, 1.54) is 51.4 Å². The van der Waals surface area contributed by atoms with Crippen LogP contribution < -0.4 is 16.8 Å². The summed E-state index contributed by atoms with van der Waals surface area (Å²) in [6, 6.07) is -1.81. The fraction of sp³-hybridized carbons (Fsp3) is 0.854. The molecule has 0 aliphatic carbocycles. The molecule has 0 bridgehead atoms. The van der Waals surface area contributed by atoms with Crippen molar-refractivity contribution in [2.75, 3.05) is 33.0 Å². The van der Waals surface area contributed by atoms with E-state index in [0.29, 0.717) is 45.1 Å². The average Bonchev–Trinajstić information content (AvgIpc) is 3.14. The SMILES string of the molecule is CCCCCCCC(=O)NC(CCC(=O)CCCOCCOCC(=O)CCCCC[C@H](N)C(=O)C[C@@H](CO)C(N)=O)C(=O)O.CCCCCCCCCC. The Kier molecular flexibility index (Phi) is 38.1. The quantitative estimate of drug-likeness (QED) is 0.0449. The lowest BCUT2D eigenvalue weighted by atomic mass is 9.96. The van der Waals surface area contributed by atoms with Gasteiger partial charge in [0.2, 0.25) is 11.8 Å². The summed E-state index contributed by atoms with van der Waals surface area (Å²) in [7, 11) is 0. The Morgan fingerprint density at radius 2 is 1.13 bits per heavy atom. The maximum Gasteiger partial charge on any atom is 0.326 e. The molecular weight excluding hydrogens is 694 g/mol. The molecule has 0 radical (unpaired) electrons. The minimum atomic E-state index is -1.15. The van der Waals surface area contributed by atoms with Gasteiger partial charge in [-0.2, -0.15) is 0 Å². The van der Waals surface area contributed by atoms with Gasteiger partial charge in [-0.25, -0.2) is 4.79 Å². The molecule has 0 heterocycles. The summed E-state index contributed by atoms with van der Waals surface area (Å²) in [6.45, 7) is 6.95. The maximum absolute atomic E-state index is 12.1. The number of carbonyl (C=O) groups excluding carboxylic acids is 5. The van der Waals surface area contributed by atoms with Gasteiger partial charge in [0, 0.05) is 38.7 Å². The van der Waals surface area contributed by atoms with E-state index in [9.17, 15) is 33.9 Å². The molecule has 0 saturated heterocycles. The van der Waals surface area contributed by atoms with Gasteiger partial charge in [-0.1, -0.05) is 111 Å². The monoisotopic (exact) mass is 772 g/mol. The lowest BCUT2D eigenvalue weighted by Gasteiger charge is -2.14. The van der Waals surface area contributed by atoms with Crippen LogP contribution in [0.3, 0.4) is 0 Å². The van der Waals surface area contributed by atoms with Crippen LogP contribution in [0.1, 0.15) is 175 Å². The first-order valence-electron chi connectivity index (χ1n) is 20.8. The van der Waals surface area contributed by atoms with Gasteiger partial charge >= 0.3 is 5.97 Å². The molecule has 316 valence electrons. The Morgan fingerprint density at radius 1 is 0.611 bits per heavy atom. The predicted octanol–water partition coefficient (Wildman–Crippen LogP) is 6.13. The number of ketones is 3. The van der Waals surface area contributed by atoms with Crippen LogP contribution in [0.2, 0.25) is 0 Å². The molecule has 0 aromatic rings. The lowest BCUT2D eigenvalue weighted by molar-refractivity contribution is -0.142. The van der Waals surface area contributed by atoms with Crippen molar-refractivity contribution in [3.05, 3.63) is 0 Å². The molecule has 0 saturated carbocycles. The van der Waals surface area contributed by atoms with Crippen LogP contribution in [-0.2, 0) is 38.2 Å². The van der Waals surface area contributed by atoms with E-state index in [0.717, 1.165) is 32.1 Å². The van der Waals surface area contributed by atoms with Crippen LogP contribution in [-0.4, -0.2) is 90.5 Å². The number of Topliss-reactive ketones (excluding diaryl/α,β-unsaturated/α-hetero) is 3. The summed E-state index contributed by atoms with van der Waals surface area (Å²) in [4.78, 5) is 70.7. The van der Waals surface area contributed by atoms with Crippen LogP contribution in [0.25, 0.3) is 0 Å². The molecule has 13 nitrogen and oxygen atoms in total. The van der Waals surface area contributed by atoms with Crippen molar-refractivity contribution in [2.24, 2.45) is 17.4 Å². The Bertz CT molecular complexity index is 986. The molecule has 0 aliphatic heterocycles. The molecule has 0 fully saturated rings. The number of carboxylic acid groups (broad SMARTS) is 1. The second-order valence-corrected chi connectivity index (χ2v) is 14.3. The third-order valence-electron chi connectivity index (χ3n) is 9.14. The van der Waals surface area contributed by atoms with E-state index in [4.69, 9.17) is 26.0 Å². The number of aliphatic carboxylic acids is 1. The Balaban J connectivity index is 0. The molecule has 54 heavy (non-hydrogen) atoms. The van der Waals surface area contributed by atoms with E-state index >= 15 is 0 Å². The van der Waals surface area contributed by atoms with Gasteiger partial charge in [0.25, 0.3) is 0 Å². The number of ether oxygens (including phenoxy) is 2. The van der Waals surface area contributed by atoms with Crippen molar-refractivity contribution >= 4 is 35.1 Å². The topological polar surface area (TPSA) is 225 Å². The summed E-state index contributed by atoms with van der Waals surface area (Å²) >= 11 is 0. The maximum atomic E-state index is 12.1. The number of aliphatic hydroxyl groups is 1. The molecule has 0 aliphatic rings. The van der Waals surface area contributed by atoms with Crippen LogP contribution >= 0.6 is 0 Å². The van der Waals surface area contributed by atoms with Crippen LogP contribution in [0.5, 0.6) is 0 Å². The molecule has 13 heteroatoms. The third kappa shape index (κ3) is 35.0. The summed E-state index contributed by atoms with van der Waals surface area (Å²) in [5, 5.41) is 21.0. The highest BCUT2D eigenvalue weighted by atomic mass is 16.5. The van der Waals surface area contributed by atoms with Gasteiger partial charge in [0.15, 0.2) is 5.78 Å². The van der Waals surface area contributed by atoms with Gasteiger partial charge in [-0.05, 0) is 32.1 Å². The van der Waals surface area contributed by atoms with Crippen molar-refractivity contribution in [1.82, 2.24) is 5.32 Å². The summed E-state index contributed by atoms with van der Waals surface area (Å²) in [6.07, 6.45) is 20.1. The largest absolute Gasteiger partial charge is 0.480 e. The van der Waals surface area contributed by atoms with Crippen molar-refractivity contribution in [2.45, 2.75) is 187 Å². The normalized spacial score (nSPS) is 12.6. The number of hydrogen-bond donors (Lipinski definition) is 5. The minimum Gasteiger partial charge on any atom is -0.480 e. The van der Waals surface area contributed by atoms with Crippen molar-refractivity contribution in [3.63, 3.8) is 0 Å². The number of hydrogen-bond acceptors (Lipinski definition) is 10. The first kappa shape index (κ1) is 53.4. The smallest absolute Gasteiger partial charge is 0.326 e. The van der Waals surface area contributed by atoms with E-state index in [2.05, 4.69) is 26.1 Å². The highest BCUT2D eigenvalue weighted by Crippen LogP contribution is 2.11. The number of primary amides is 1. The summed E-state index contributed by atoms with van der Waals surface area (Å²) in [5.74, 6) is -3.58. The van der Waals surface area contributed by atoms with E-state index in [-0.39, 0.29) is 75.2 Å². The zero-order valence-electron chi connectivity index (χ0n) is 34.1. The average molecular weight is 772 g/mol. The van der Waals surface area contributed by atoms with E-state index in [1.807, 2.05) is 0 Å². The zero-order chi connectivity index (χ0) is 40.8. The summed E-state index contributed by atoms with van der Waals surface area (Å²) < 4.78 is 10.7. The van der Waals surface area contributed by atoms with Crippen LogP contribution in [0.15, 0.2) is 0 Å². The van der Waals surface area contributed by atoms with Crippen molar-refractivity contribution in [1.29, 1.82) is 0 Å². The zero-order valence-corrected chi connectivity index (χ0v) is 34.1. The number of aliphatic hydroxyl groups excluding tert-OH is 1. The number of nitrogens with two attached hydrogens (primary N) is 2. The number of carbonyl (C=O) groups is 6. The minimum absolute atomic E-state index is 0.0321. The lowest BCUT2D eigenvalue weighted by Crippen LogP contribution is -2.41. The summed E-state index contributed by atoms with van der Waals surface area (Å²) in [5.41, 5.74) is 11.0. The second kappa shape index (κ2) is 38.5. The number of amides is 2. The molecule has 2 amide bonds. The Morgan fingerprint density at radius 3 is 1.69 bits per heavy atom. The van der Waals surface area contributed by atoms with Crippen molar-refractivity contribution < 1.29 is 48.5 Å². The fourth-order valence-corrected chi connectivity index (χ4v) is 5.57. The number of carboxylic acids is 1. The van der Waals surface area contributed by atoms with E-state index < -0.39 is 36.5 Å². The third-order valence-corrected chi connectivity index (χ3v) is 9.14. The molecule has 7 N–H and O–H groups in total. The molecule has 0 aromatic carbocycles.